The van der Waals surface area contributed by atoms with E-state index in [2.05, 4.69) is 17.3 Å². The second kappa shape index (κ2) is 9.71. The molecule has 2 aromatic carbocycles. The first kappa shape index (κ1) is 21.8. The van der Waals surface area contributed by atoms with Crippen molar-refractivity contribution in [1.82, 2.24) is 15.1 Å². The number of primary amides is 1. The molecule has 0 radical (unpaired) electrons. The van der Waals surface area contributed by atoms with Gasteiger partial charge in [-0.2, -0.15) is 5.10 Å². The number of hydrogen-bond acceptors (Lipinski definition) is 5. The van der Waals surface area contributed by atoms with Crippen LogP contribution in [0.2, 0.25) is 0 Å². The first-order valence-electron chi connectivity index (χ1n) is 9.86. The van der Waals surface area contributed by atoms with Crippen LogP contribution < -0.4 is 11.1 Å². The molecule has 3 aromatic rings. The lowest BCUT2D eigenvalue weighted by atomic mass is 10.1. The number of amides is 2. The van der Waals surface area contributed by atoms with E-state index < -0.39 is 24.4 Å². The molecule has 2 amide bonds. The molecule has 31 heavy (non-hydrogen) atoms. The fourth-order valence-electron chi connectivity index (χ4n) is 3.02. The van der Waals surface area contributed by atoms with Crippen LogP contribution in [0.5, 0.6) is 0 Å². The number of nitrogens with zero attached hydrogens (tertiary/aromatic N) is 2. The molecule has 8 heteroatoms. The number of aromatic nitrogens is 2. The second-order valence-corrected chi connectivity index (χ2v) is 6.99. The van der Waals surface area contributed by atoms with Crippen LogP contribution >= 0.6 is 0 Å². The van der Waals surface area contributed by atoms with Crippen molar-refractivity contribution in [3.05, 3.63) is 71.4 Å². The number of aryl methyl sites for hydroxylation is 2. The van der Waals surface area contributed by atoms with Crippen molar-refractivity contribution in [2.75, 3.05) is 13.2 Å². The smallest absolute Gasteiger partial charge is 0.342 e. The molecular weight excluding hydrogens is 396 g/mol. The van der Waals surface area contributed by atoms with Gasteiger partial charge >= 0.3 is 5.97 Å². The summed E-state index contributed by atoms with van der Waals surface area (Å²) in [6.07, 6.45) is 2.49. The highest BCUT2D eigenvalue weighted by molar-refractivity contribution is 5.97. The number of para-hydroxylation sites is 1. The van der Waals surface area contributed by atoms with Crippen molar-refractivity contribution in [3.63, 3.8) is 0 Å². The van der Waals surface area contributed by atoms with Gasteiger partial charge in [0.25, 0.3) is 5.91 Å². The SMILES string of the molecule is CCc1ccc(-c2nn(-c3ccccc3C)cc2C(=O)OCC(=O)NCC(N)=O)cc1. The summed E-state index contributed by atoms with van der Waals surface area (Å²) in [5.74, 6) is -1.99. The van der Waals surface area contributed by atoms with Gasteiger partial charge in [-0.05, 0) is 30.5 Å². The van der Waals surface area contributed by atoms with Crippen LogP contribution in [0.4, 0.5) is 0 Å². The fourth-order valence-corrected chi connectivity index (χ4v) is 3.02. The summed E-state index contributed by atoms with van der Waals surface area (Å²) >= 11 is 0. The van der Waals surface area contributed by atoms with Crippen molar-refractivity contribution in [2.45, 2.75) is 20.3 Å². The quantitative estimate of drug-likeness (QED) is 0.542. The fraction of sp³-hybridized carbons (Fsp3) is 0.217. The Balaban J connectivity index is 1.91. The Morgan fingerprint density at radius 2 is 1.81 bits per heavy atom. The maximum absolute atomic E-state index is 12.8. The predicted molar refractivity (Wildman–Crippen MR) is 116 cm³/mol. The molecule has 0 bridgehead atoms. The molecule has 0 saturated heterocycles. The first-order valence-corrected chi connectivity index (χ1v) is 9.86. The van der Waals surface area contributed by atoms with Crippen LogP contribution in [-0.2, 0) is 20.7 Å². The molecule has 1 aromatic heterocycles. The van der Waals surface area contributed by atoms with Crippen molar-refractivity contribution in [1.29, 1.82) is 0 Å². The van der Waals surface area contributed by atoms with Crippen molar-refractivity contribution >= 4 is 17.8 Å². The minimum Gasteiger partial charge on any atom is -0.452 e. The number of carbonyl (C=O) groups excluding carboxylic acids is 3. The number of nitrogens with one attached hydrogen (secondary N) is 1. The molecule has 8 nitrogen and oxygen atoms in total. The van der Waals surface area contributed by atoms with Crippen LogP contribution in [-0.4, -0.2) is 40.7 Å². The third-order valence-corrected chi connectivity index (χ3v) is 4.73. The zero-order valence-corrected chi connectivity index (χ0v) is 17.4. The van der Waals surface area contributed by atoms with Crippen LogP contribution in [0, 0.1) is 6.92 Å². The molecule has 3 rings (SSSR count). The van der Waals surface area contributed by atoms with E-state index in [1.807, 2.05) is 55.5 Å². The summed E-state index contributed by atoms with van der Waals surface area (Å²) in [6, 6.07) is 15.4. The van der Waals surface area contributed by atoms with Gasteiger partial charge in [-0.15, -0.1) is 0 Å². The highest BCUT2D eigenvalue weighted by Gasteiger charge is 2.21. The Morgan fingerprint density at radius 3 is 2.45 bits per heavy atom. The van der Waals surface area contributed by atoms with Crippen molar-refractivity contribution in [2.24, 2.45) is 5.73 Å². The Labute approximate surface area is 180 Å². The number of esters is 1. The van der Waals surface area contributed by atoms with Gasteiger partial charge in [-0.3, -0.25) is 9.59 Å². The van der Waals surface area contributed by atoms with E-state index in [1.165, 1.54) is 0 Å². The third kappa shape index (κ3) is 5.36. The lowest BCUT2D eigenvalue weighted by Crippen LogP contribution is -2.36. The average molecular weight is 420 g/mol. The van der Waals surface area contributed by atoms with E-state index in [0.717, 1.165) is 28.8 Å². The van der Waals surface area contributed by atoms with E-state index in [4.69, 9.17) is 10.5 Å². The predicted octanol–water partition coefficient (Wildman–Crippen LogP) is 2.17. The van der Waals surface area contributed by atoms with Gasteiger partial charge < -0.3 is 15.8 Å². The third-order valence-electron chi connectivity index (χ3n) is 4.73. The van der Waals surface area contributed by atoms with Crippen LogP contribution in [0.15, 0.2) is 54.7 Å². The largest absolute Gasteiger partial charge is 0.452 e. The molecule has 1 heterocycles. The highest BCUT2D eigenvalue weighted by atomic mass is 16.5. The Bertz CT molecular complexity index is 1100. The highest BCUT2D eigenvalue weighted by Crippen LogP contribution is 2.26. The Kier molecular flexibility index (Phi) is 6.81. The number of ether oxygens (including phenoxy) is 1. The maximum Gasteiger partial charge on any atom is 0.342 e. The number of nitrogens with two attached hydrogens (primary N) is 1. The number of benzene rings is 2. The van der Waals surface area contributed by atoms with E-state index in [0.29, 0.717) is 5.69 Å². The second-order valence-electron chi connectivity index (χ2n) is 6.99. The summed E-state index contributed by atoms with van der Waals surface area (Å²) in [7, 11) is 0. The summed E-state index contributed by atoms with van der Waals surface area (Å²) in [6.45, 7) is 3.16. The summed E-state index contributed by atoms with van der Waals surface area (Å²) in [5, 5.41) is 6.90. The van der Waals surface area contributed by atoms with Crippen LogP contribution in [0.25, 0.3) is 16.9 Å². The molecular formula is C23H24N4O4. The van der Waals surface area contributed by atoms with Gasteiger partial charge in [0.15, 0.2) is 6.61 Å². The lowest BCUT2D eigenvalue weighted by Gasteiger charge is -2.06. The summed E-state index contributed by atoms with van der Waals surface area (Å²) in [4.78, 5) is 35.3. The molecule has 0 fully saturated rings. The lowest BCUT2D eigenvalue weighted by molar-refractivity contribution is -0.127. The normalized spacial score (nSPS) is 10.5. The molecule has 0 aliphatic heterocycles. The molecule has 0 aliphatic rings. The summed E-state index contributed by atoms with van der Waals surface area (Å²) < 4.78 is 6.78. The van der Waals surface area contributed by atoms with Crippen LogP contribution in [0.3, 0.4) is 0 Å². The zero-order chi connectivity index (χ0) is 22.4. The van der Waals surface area contributed by atoms with E-state index >= 15 is 0 Å². The van der Waals surface area contributed by atoms with Gasteiger partial charge in [-0.25, -0.2) is 9.48 Å². The molecule has 3 N–H and O–H groups in total. The van der Waals surface area contributed by atoms with Crippen molar-refractivity contribution in [3.8, 4) is 16.9 Å². The van der Waals surface area contributed by atoms with Gasteiger partial charge in [0.2, 0.25) is 5.91 Å². The van der Waals surface area contributed by atoms with Gasteiger partial charge in [-0.1, -0.05) is 49.4 Å². The summed E-state index contributed by atoms with van der Waals surface area (Å²) in [5.41, 5.74) is 9.41. The minimum absolute atomic E-state index is 0.232. The van der Waals surface area contributed by atoms with Crippen LogP contribution in [0.1, 0.15) is 28.4 Å². The van der Waals surface area contributed by atoms with E-state index in [9.17, 15) is 14.4 Å². The molecule has 0 saturated carbocycles. The average Bonchev–Trinajstić information content (AvgIpc) is 3.21. The number of hydrogen-bond donors (Lipinski definition) is 2. The van der Waals surface area contributed by atoms with Crippen molar-refractivity contribution < 1.29 is 19.1 Å². The Hall–Kier alpha value is -3.94. The molecule has 0 unspecified atom stereocenters. The molecule has 0 spiro atoms. The standard InChI is InChI=1S/C23H24N4O4/c1-3-16-8-10-17(11-9-16)22-18(23(30)31-14-21(29)25-12-20(24)28)13-27(26-22)19-7-5-4-6-15(19)2/h4-11,13H,3,12,14H2,1-2H3,(H2,24,28)(H,25,29). The van der Waals surface area contributed by atoms with E-state index in [1.54, 1.807) is 10.9 Å². The topological polar surface area (TPSA) is 116 Å². The molecule has 0 aliphatic carbocycles. The first-order chi connectivity index (χ1) is 14.9. The molecule has 0 atom stereocenters. The van der Waals surface area contributed by atoms with Gasteiger partial charge in [0.1, 0.15) is 11.3 Å². The van der Waals surface area contributed by atoms with Gasteiger partial charge in [0.05, 0.1) is 12.2 Å². The number of rotatable bonds is 8. The molecule has 160 valence electrons. The minimum atomic E-state index is -0.691. The zero-order valence-electron chi connectivity index (χ0n) is 17.4. The van der Waals surface area contributed by atoms with E-state index in [-0.39, 0.29) is 12.1 Å². The maximum atomic E-state index is 12.8. The number of carbonyl (C=O) groups is 3. The Morgan fingerprint density at radius 1 is 1.10 bits per heavy atom. The van der Waals surface area contributed by atoms with Gasteiger partial charge in [0, 0.05) is 11.8 Å². The monoisotopic (exact) mass is 420 g/mol.